The third kappa shape index (κ3) is 3.33. The Morgan fingerprint density at radius 2 is 2.06 bits per heavy atom. The van der Waals surface area contributed by atoms with Crippen LogP contribution < -0.4 is 0 Å². The molecule has 1 unspecified atom stereocenters. The summed E-state index contributed by atoms with van der Waals surface area (Å²) >= 11 is 0. The van der Waals surface area contributed by atoms with Gasteiger partial charge in [0.1, 0.15) is 0 Å². The van der Waals surface area contributed by atoms with Crippen molar-refractivity contribution in [3.63, 3.8) is 0 Å². The van der Waals surface area contributed by atoms with E-state index >= 15 is 0 Å². The molecule has 0 bridgehead atoms. The normalized spacial score (nSPS) is 20.6. The van der Waals surface area contributed by atoms with Crippen LogP contribution in [0.2, 0.25) is 0 Å². The van der Waals surface area contributed by atoms with Crippen LogP contribution in [0.15, 0.2) is 30.3 Å². The van der Waals surface area contributed by atoms with Gasteiger partial charge >= 0.3 is 5.97 Å². The Bertz CT molecular complexity index is 375. The molecule has 1 aliphatic rings. The molecule has 1 aromatic rings. The van der Waals surface area contributed by atoms with Crippen LogP contribution in [0.5, 0.6) is 0 Å². The molecule has 1 atom stereocenters. The van der Waals surface area contributed by atoms with Crippen LogP contribution in [0, 0.1) is 12.0 Å². The van der Waals surface area contributed by atoms with Gasteiger partial charge in [-0.05, 0) is 30.9 Å². The van der Waals surface area contributed by atoms with E-state index in [9.17, 15) is 4.79 Å². The minimum absolute atomic E-state index is 0.427. The van der Waals surface area contributed by atoms with Crippen LogP contribution >= 0.6 is 0 Å². The summed E-state index contributed by atoms with van der Waals surface area (Å²) in [6.45, 7) is 2.14. The van der Waals surface area contributed by atoms with Crippen molar-refractivity contribution in [1.82, 2.24) is 0 Å². The first-order valence-corrected chi connectivity index (χ1v) is 6.61. The lowest BCUT2D eigenvalue weighted by molar-refractivity contribution is -0.247. The van der Waals surface area contributed by atoms with E-state index < -0.39 is 5.97 Å². The van der Waals surface area contributed by atoms with E-state index in [1.54, 1.807) is 24.3 Å². The molecule has 3 nitrogen and oxygen atoms in total. The summed E-state index contributed by atoms with van der Waals surface area (Å²) in [5.74, 6) is 0.00542. The lowest BCUT2D eigenvalue weighted by Crippen LogP contribution is -2.21. The lowest BCUT2D eigenvalue weighted by Gasteiger charge is -2.27. The van der Waals surface area contributed by atoms with Gasteiger partial charge in [-0.25, -0.2) is 4.79 Å². The monoisotopic (exact) mass is 247 g/mol. The minimum Gasteiger partial charge on any atom is -0.292 e. The molecule has 0 amide bonds. The Labute approximate surface area is 108 Å². The molecule has 3 heteroatoms. The first-order chi connectivity index (χ1) is 8.81. The predicted molar refractivity (Wildman–Crippen MR) is 68.4 cm³/mol. The zero-order valence-corrected chi connectivity index (χ0v) is 10.7. The SMILES string of the molecule is CCC1CCCC[C]1OOC(=O)c1ccccc1. The van der Waals surface area contributed by atoms with Crippen molar-refractivity contribution in [3.8, 4) is 0 Å². The molecule has 0 aromatic heterocycles. The van der Waals surface area contributed by atoms with E-state index in [0.717, 1.165) is 31.8 Å². The number of hydrogen-bond donors (Lipinski definition) is 0. The van der Waals surface area contributed by atoms with Crippen molar-refractivity contribution in [2.75, 3.05) is 0 Å². The maximum Gasteiger partial charge on any atom is 0.373 e. The van der Waals surface area contributed by atoms with E-state index in [1.165, 1.54) is 6.42 Å². The molecule has 1 saturated carbocycles. The largest absolute Gasteiger partial charge is 0.373 e. The number of hydrogen-bond acceptors (Lipinski definition) is 3. The second kappa shape index (κ2) is 6.55. The maximum atomic E-state index is 11.7. The fourth-order valence-electron chi connectivity index (χ4n) is 2.31. The smallest absolute Gasteiger partial charge is 0.292 e. The summed E-state index contributed by atoms with van der Waals surface area (Å²) in [5.41, 5.74) is 0.516. The zero-order valence-electron chi connectivity index (χ0n) is 10.7. The van der Waals surface area contributed by atoms with Crippen molar-refractivity contribution < 1.29 is 14.6 Å². The van der Waals surface area contributed by atoms with Crippen LogP contribution in [0.4, 0.5) is 0 Å². The third-order valence-corrected chi connectivity index (χ3v) is 3.41. The standard InChI is InChI=1S/C15H19O3/c1-2-12-8-6-7-11-14(12)17-18-15(16)13-9-4-3-5-10-13/h3-5,9-10,12H,2,6-8,11H2,1H3. The highest BCUT2D eigenvalue weighted by Crippen LogP contribution is 2.34. The molecular weight excluding hydrogens is 228 g/mol. The van der Waals surface area contributed by atoms with E-state index in [2.05, 4.69) is 6.92 Å². The second-order valence-electron chi connectivity index (χ2n) is 4.64. The Morgan fingerprint density at radius 1 is 1.28 bits per heavy atom. The van der Waals surface area contributed by atoms with Gasteiger partial charge in [0.15, 0.2) is 6.10 Å². The van der Waals surface area contributed by atoms with Crippen molar-refractivity contribution in [2.24, 2.45) is 5.92 Å². The van der Waals surface area contributed by atoms with E-state index in [-0.39, 0.29) is 0 Å². The number of carbonyl (C=O) groups excluding carboxylic acids is 1. The second-order valence-corrected chi connectivity index (χ2v) is 4.64. The topological polar surface area (TPSA) is 35.5 Å². The van der Waals surface area contributed by atoms with E-state index in [0.29, 0.717) is 11.5 Å². The average Bonchev–Trinajstić information content (AvgIpc) is 2.46. The number of benzene rings is 1. The molecule has 18 heavy (non-hydrogen) atoms. The fraction of sp³-hybridized carbons (Fsp3) is 0.467. The average molecular weight is 247 g/mol. The van der Waals surface area contributed by atoms with Crippen LogP contribution in [0.3, 0.4) is 0 Å². The molecule has 0 N–H and O–H groups in total. The Kier molecular flexibility index (Phi) is 4.76. The van der Waals surface area contributed by atoms with Gasteiger partial charge in [0.05, 0.1) is 5.56 Å². The van der Waals surface area contributed by atoms with Crippen LogP contribution in [0.25, 0.3) is 0 Å². The molecule has 0 aliphatic heterocycles. The van der Waals surface area contributed by atoms with Gasteiger partial charge in [-0.3, -0.25) is 4.89 Å². The molecule has 1 radical (unpaired) electrons. The van der Waals surface area contributed by atoms with E-state index in [4.69, 9.17) is 9.78 Å². The van der Waals surface area contributed by atoms with Crippen molar-refractivity contribution >= 4 is 5.97 Å². The van der Waals surface area contributed by atoms with Crippen LogP contribution in [-0.4, -0.2) is 5.97 Å². The van der Waals surface area contributed by atoms with Crippen molar-refractivity contribution in [1.29, 1.82) is 0 Å². The number of rotatable bonds is 4. The van der Waals surface area contributed by atoms with Crippen molar-refractivity contribution in [3.05, 3.63) is 42.0 Å². The summed E-state index contributed by atoms with van der Waals surface area (Å²) in [6.07, 6.45) is 6.35. The highest BCUT2D eigenvalue weighted by molar-refractivity contribution is 5.88. The molecule has 1 aliphatic carbocycles. The maximum absolute atomic E-state index is 11.7. The molecule has 2 rings (SSSR count). The highest BCUT2D eigenvalue weighted by Gasteiger charge is 2.28. The van der Waals surface area contributed by atoms with Gasteiger partial charge in [-0.1, -0.05) is 44.4 Å². The van der Waals surface area contributed by atoms with Crippen molar-refractivity contribution in [2.45, 2.75) is 39.0 Å². The molecule has 0 heterocycles. The summed E-state index contributed by atoms with van der Waals surface area (Å²) in [7, 11) is 0. The number of carbonyl (C=O) groups is 1. The first-order valence-electron chi connectivity index (χ1n) is 6.61. The Hall–Kier alpha value is -1.35. The lowest BCUT2D eigenvalue weighted by atomic mass is 9.85. The first kappa shape index (κ1) is 13.1. The molecule has 97 valence electrons. The highest BCUT2D eigenvalue weighted by atomic mass is 17.2. The fourth-order valence-corrected chi connectivity index (χ4v) is 2.31. The third-order valence-electron chi connectivity index (χ3n) is 3.41. The molecule has 1 aromatic carbocycles. The van der Waals surface area contributed by atoms with Crippen LogP contribution in [0.1, 0.15) is 49.4 Å². The van der Waals surface area contributed by atoms with Gasteiger partial charge in [-0.2, -0.15) is 4.89 Å². The minimum atomic E-state index is -0.427. The summed E-state index contributed by atoms with van der Waals surface area (Å²) < 4.78 is 0. The van der Waals surface area contributed by atoms with E-state index in [1.807, 2.05) is 6.07 Å². The predicted octanol–water partition coefficient (Wildman–Crippen LogP) is 3.91. The zero-order chi connectivity index (χ0) is 12.8. The molecule has 0 spiro atoms. The van der Waals surface area contributed by atoms with Crippen LogP contribution in [-0.2, 0) is 9.78 Å². The quantitative estimate of drug-likeness (QED) is 0.597. The van der Waals surface area contributed by atoms with Gasteiger partial charge in [-0.15, -0.1) is 0 Å². The molecule has 0 saturated heterocycles. The summed E-state index contributed by atoms with van der Waals surface area (Å²) in [6, 6.07) is 8.90. The molecule has 1 fully saturated rings. The van der Waals surface area contributed by atoms with Gasteiger partial charge in [0, 0.05) is 0 Å². The molecular formula is C15H19O3. The van der Waals surface area contributed by atoms with Gasteiger partial charge in [0.2, 0.25) is 0 Å². The summed E-state index contributed by atoms with van der Waals surface area (Å²) in [4.78, 5) is 21.9. The van der Waals surface area contributed by atoms with Gasteiger partial charge in [0.25, 0.3) is 0 Å². The Morgan fingerprint density at radius 3 is 2.78 bits per heavy atom. The Balaban J connectivity index is 1.85. The van der Waals surface area contributed by atoms with Gasteiger partial charge < -0.3 is 0 Å². The summed E-state index contributed by atoms with van der Waals surface area (Å²) in [5, 5.41) is 0.